The number of hydrogen-bond acceptors (Lipinski definition) is 4. The van der Waals surface area contributed by atoms with Gasteiger partial charge >= 0.3 is 0 Å². The lowest BCUT2D eigenvalue weighted by Crippen LogP contribution is -1.81. The Labute approximate surface area is 112 Å². The second-order valence-electron chi connectivity index (χ2n) is 2.74. The third-order valence-electron chi connectivity index (χ3n) is 1.75. The highest BCUT2D eigenvalue weighted by molar-refractivity contribution is 9.13. The first-order valence-electron chi connectivity index (χ1n) is 3.86. The fourth-order valence-electron chi connectivity index (χ4n) is 1.08. The van der Waals surface area contributed by atoms with Crippen molar-refractivity contribution >= 4 is 60.2 Å². The molecule has 0 amide bonds. The van der Waals surface area contributed by atoms with E-state index in [4.69, 9.17) is 11.0 Å². The lowest BCUT2D eigenvalue weighted by Gasteiger charge is -1.86. The van der Waals surface area contributed by atoms with Gasteiger partial charge in [-0.25, -0.2) is 0 Å². The lowest BCUT2D eigenvalue weighted by molar-refractivity contribution is 1.52. The van der Waals surface area contributed by atoms with Gasteiger partial charge in [0.1, 0.15) is 10.9 Å². The molecule has 0 radical (unpaired) electrons. The van der Waals surface area contributed by atoms with Crippen LogP contribution in [0.1, 0.15) is 4.88 Å². The van der Waals surface area contributed by atoms with Crippen LogP contribution in [0.2, 0.25) is 0 Å². The molecule has 0 bridgehead atoms. The highest BCUT2D eigenvalue weighted by atomic mass is 79.9. The quantitative estimate of drug-likeness (QED) is 0.813. The van der Waals surface area contributed by atoms with Gasteiger partial charge in [-0.05, 0) is 44.0 Å². The molecular formula is C9H4Br2N2S2. The minimum atomic E-state index is 0.554. The van der Waals surface area contributed by atoms with Gasteiger partial charge in [-0.3, -0.25) is 0 Å². The summed E-state index contributed by atoms with van der Waals surface area (Å²) >= 11 is 9.90. The Morgan fingerprint density at radius 1 is 1.20 bits per heavy atom. The average Bonchev–Trinajstić information content (AvgIpc) is 2.71. The molecule has 0 aliphatic rings. The van der Waals surface area contributed by atoms with E-state index in [0.29, 0.717) is 10.6 Å². The maximum absolute atomic E-state index is 8.80. The first-order valence-corrected chi connectivity index (χ1v) is 7.08. The van der Waals surface area contributed by atoms with Crippen LogP contribution in [0, 0.1) is 11.3 Å². The third kappa shape index (κ3) is 2.11. The van der Waals surface area contributed by atoms with E-state index in [2.05, 4.69) is 37.9 Å². The van der Waals surface area contributed by atoms with Crippen molar-refractivity contribution in [3.63, 3.8) is 0 Å². The largest absolute Gasteiger partial charge is 0.397 e. The molecule has 2 rings (SSSR count). The van der Waals surface area contributed by atoms with Crippen LogP contribution in [-0.2, 0) is 0 Å². The molecule has 0 fully saturated rings. The third-order valence-corrected chi connectivity index (χ3v) is 6.26. The van der Waals surface area contributed by atoms with Crippen LogP contribution in [0.5, 0.6) is 0 Å². The summed E-state index contributed by atoms with van der Waals surface area (Å²) in [6.07, 6.45) is 0. The summed E-state index contributed by atoms with van der Waals surface area (Å²) in [5.74, 6) is 0. The van der Waals surface area contributed by atoms with Gasteiger partial charge in [0.2, 0.25) is 0 Å². The molecule has 2 aromatic rings. The van der Waals surface area contributed by atoms with Crippen LogP contribution < -0.4 is 5.73 Å². The van der Waals surface area contributed by atoms with Crippen LogP contribution in [0.3, 0.4) is 0 Å². The second kappa shape index (κ2) is 4.26. The summed E-state index contributed by atoms with van der Waals surface area (Å²) < 4.78 is 2.07. The van der Waals surface area contributed by atoms with Gasteiger partial charge in [0, 0.05) is 14.2 Å². The Morgan fingerprint density at radius 2 is 1.87 bits per heavy atom. The topological polar surface area (TPSA) is 49.8 Å². The molecule has 6 heteroatoms. The summed E-state index contributed by atoms with van der Waals surface area (Å²) in [4.78, 5) is 2.71. The molecule has 2 aromatic heterocycles. The Balaban J connectivity index is 2.50. The predicted molar refractivity (Wildman–Crippen MR) is 72.2 cm³/mol. The molecule has 2 N–H and O–H groups in total. The van der Waals surface area contributed by atoms with Crippen molar-refractivity contribution in [2.45, 2.75) is 0 Å². The molecule has 0 saturated heterocycles. The second-order valence-corrected chi connectivity index (χ2v) is 7.02. The van der Waals surface area contributed by atoms with E-state index in [1.165, 1.54) is 11.3 Å². The zero-order chi connectivity index (χ0) is 11.0. The van der Waals surface area contributed by atoms with Crippen LogP contribution >= 0.6 is 54.5 Å². The highest BCUT2D eigenvalue weighted by Crippen LogP contribution is 2.42. The summed E-state index contributed by atoms with van der Waals surface area (Å²) in [6, 6.07) is 5.94. The minimum Gasteiger partial charge on any atom is -0.397 e. The van der Waals surface area contributed by atoms with Crippen LogP contribution in [0.15, 0.2) is 20.4 Å². The van der Waals surface area contributed by atoms with Crippen LogP contribution in [0.4, 0.5) is 5.69 Å². The number of nitrogen functional groups attached to an aromatic ring is 1. The standard InChI is InChI=1S/C9H4Br2N2S2/c10-4-1-6(15-9(4)11)7-2-5(13)8(3-12)14-7/h1-2H,13H2. The predicted octanol–water partition coefficient (Wildman–Crippen LogP) is 4.46. The molecule has 0 atom stereocenters. The van der Waals surface area contributed by atoms with E-state index in [9.17, 15) is 0 Å². The Bertz CT molecular complexity index is 531. The van der Waals surface area contributed by atoms with Crippen LogP contribution in [0.25, 0.3) is 9.75 Å². The van der Waals surface area contributed by atoms with E-state index in [0.717, 1.165) is 18.0 Å². The molecule has 76 valence electrons. The van der Waals surface area contributed by atoms with E-state index >= 15 is 0 Å². The van der Waals surface area contributed by atoms with Gasteiger partial charge in [0.25, 0.3) is 0 Å². The molecule has 0 aliphatic carbocycles. The Kier molecular flexibility index (Phi) is 3.16. The van der Waals surface area contributed by atoms with Gasteiger partial charge in [0.15, 0.2) is 0 Å². The smallest absolute Gasteiger partial charge is 0.128 e. The van der Waals surface area contributed by atoms with E-state index < -0.39 is 0 Å². The zero-order valence-electron chi connectivity index (χ0n) is 7.25. The fourth-order valence-corrected chi connectivity index (χ4v) is 4.07. The molecule has 0 saturated carbocycles. The van der Waals surface area contributed by atoms with Crippen molar-refractivity contribution in [2.75, 3.05) is 5.73 Å². The first kappa shape index (κ1) is 11.1. The van der Waals surface area contributed by atoms with Crippen molar-refractivity contribution in [1.29, 1.82) is 5.26 Å². The molecule has 15 heavy (non-hydrogen) atoms. The number of rotatable bonds is 1. The van der Waals surface area contributed by atoms with Crippen molar-refractivity contribution in [2.24, 2.45) is 0 Å². The van der Waals surface area contributed by atoms with Crippen LogP contribution in [-0.4, -0.2) is 0 Å². The summed E-state index contributed by atoms with van der Waals surface area (Å²) in [7, 11) is 0. The lowest BCUT2D eigenvalue weighted by atomic mass is 10.3. The SMILES string of the molecule is N#Cc1sc(-c2cc(Br)c(Br)s2)cc1N. The van der Waals surface area contributed by atoms with E-state index in [-0.39, 0.29) is 0 Å². The van der Waals surface area contributed by atoms with E-state index in [1.54, 1.807) is 11.3 Å². The summed E-state index contributed by atoms with van der Waals surface area (Å²) in [6.45, 7) is 0. The van der Waals surface area contributed by atoms with Gasteiger partial charge in [0.05, 0.1) is 9.47 Å². The molecule has 0 aliphatic heterocycles. The van der Waals surface area contributed by atoms with Crippen molar-refractivity contribution < 1.29 is 0 Å². The number of hydrogen-bond donors (Lipinski definition) is 1. The minimum absolute atomic E-state index is 0.554. The number of nitrogens with two attached hydrogens (primary N) is 1. The first-order chi connectivity index (χ1) is 7.11. The molecule has 0 spiro atoms. The Morgan fingerprint density at radius 3 is 2.33 bits per heavy atom. The maximum Gasteiger partial charge on any atom is 0.128 e. The van der Waals surface area contributed by atoms with Crippen molar-refractivity contribution in [1.82, 2.24) is 0 Å². The van der Waals surface area contributed by atoms with Gasteiger partial charge in [-0.2, -0.15) is 5.26 Å². The number of nitrogens with zero attached hydrogens (tertiary/aromatic N) is 1. The van der Waals surface area contributed by atoms with Gasteiger partial charge in [-0.1, -0.05) is 0 Å². The monoisotopic (exact) mass is 362 g/mol. The van der Waals surface area contributed by atoms with Gasteiger partial charge in [-0.15, -0.1) is 22.7 Å². The highest BCUT2D eigenvalue weighted by Gasteiger charge is 2.11. The summed E-state index contributed by atoms with van der Waals surface area (Å²) in [5, 5.41) is 8.80. The molecule has 2 nitrogen and oxygen atoms in total. The molecule has 0 unspecified atom stereocenters. The number of halogens is 2. The molecule has 0 aromatic carbocycles. The summed E-state index contributed by atoms with van der Waals surface area (Å²) in [5.41, 5.74) is 6.26. The number of nitriles is 1. The average molecular weight is 364 g/mol. The maximum atomic E-state index is 8.80. The van der Waals surface area contributed by atoms with Crippen molar-refractivity contribution in [3.8, 4) is 15.8 Å². The zero-order valence-corrected chi connectivity index (χ0v) is 12.1. The molecular weight excluding hydrogens is 360 g/mol. The molecule has 2 heterocycles. The normalized spacial score (nSPS) is 10.2. The number of anilines is 1. The Hall–Kier alpha value is -0.350. The van der Waals surface area contributed by atoms with Gasteiger partial charge < -0.3 is 5.73 Å². The van der Waals surface area contributed by atoms with E-state index in [1.807, 2.05) is 12.1 Å². The fraction of sp³-hybridized carbons (Fsp3) is 0. The van der Waals surface area contributed by atoms with Crippen molar-refractivity contribution in [3.05, 3.63) is 25.3 Å². The number of thiophene rings is 2.